The highest BCUT2D eigenvalue weighted by atomic mass is 19.1. The van der Waals surface area contributed by atoms with Crippen molar-refractivity contribution in [2.24, 2.45) is 0 Å². The monoisotopic (exact) mass is 285 g/mol. The van der Waals surface area contributed by atoms with E-state index in [1.807, 2.05) is 4.68 Å². The average molecular weight is 285 g/mol. The molecule has 3 rings (SSSR count). The predicted octanol–water partition coefficient (Wildman–Crippen LogP) is 1.95. The molecule has 108 valence electrons. The number of benzene rings is 1. The Hall–Kier alpha value is -2.26. The predicted molar refractivity (Wildman–Crippen MR) is 74.6 cm³/mol. The lowest BCUT2D eigenvalue weighted by atomic mass is 10.1. The average Bonchev–Trinajstić information content (AvgIpc) is 3.14. The van der Waals surface area contributed by atoms with Crippen LogP contribution in [0.2, 0.25) is 0 Å². The second-order valence-electron chi connectivity index (χ2n) is 5.30. The molecule has 0 bridgehead atoms. The summed E-state index contributed by atoms with van der Waals surface area (Å²) in [4.78, 5) is 6.20. The van der Waals surface area contributed by atoms with Crippen LogP contribution in [0.4, 0.5) is 4.39 Å². The molecule has 0 spiro atoms. The summed E-state index contributed by atoms with van der Waals surface area (Å²) in [5.41, 5.74) is 1.08. The quantitative estimate of drug-likeness (QED) is 0.861. The smallest absolute Gasteiger partial charge is 0.137 e. The van der Waals surface area contributed by atoms with Crippen molar-refractivity contribution in [2.75, 3.05) is 6.54 Å². The first-order chi connectivity index (χ1) is 10.3. The molecular weight excluding hydrogens is 269 g/mol. The lowest BCUT2D eigenvalue weighted by molar-refractivity contribution is 0.216. The highest BCUT2D eigenvalue weighted by Gasteiger charge is 2.25. The fourth-order valence-electron chi connectivity index (χ4n) is 2.84. The number of hydrogen-bond donors (Lipinski definition) is 0. The summed E-state index contributed by atoms with van der Waals surface area (Å²) >= 11 is 0. The molecular formula is C15H16FN5. The molecule has 0 unspecified atom stereocenters. The van der Waals surface area contributed by atoms with E-state index in [1.165, 1.54) is 18.5 Å². The molecule has 1 saturated heterocycles. The molecule has 6 heteroatoms. The third-order valence-electron chi connectivity index (χ3n) is 3.91. The van der Waals surface area contributed by atoms with Gasteiger partial charge in [0.05, 0.1) is 18.2 Å². The van der Waals surface area contributed by atoms with Crippen molar-refractivity contribution >= 4 is 0 Å². The van der Waals surface area contributed by atoms with Crippen LogP contribution >= 0.6 is 0 Å². The third-order valence-corrected chi connectivity index (χ3v) is 3.91. The summed E-state index contributed by atoms with van der Waals surface area (Å²) in [5, 5.41) is 13.1. The van der Waals surface area contributed by atoms with Crippen LogP contribution < -0.4 is 0 Å². The minimum Gasteiger partial charge on any atom is -0.294 e. The number of aromatic nitrogens is 3. The van der Waals surface area contributed by atoms with E-state index in [0.717, 1.165) is 25.9 Å². The van der Waals surface area contributed by atoms with Gasteiger partial charge in [0.25, 0.3) is 0 Å². The minimum atomic E-state index is -0.250. The Kier molecular flexibility index (Phi) is 3.93. The van der Waals surface area contributed by atoms with Crippen molar-refractivity contribution in [3.05, 3.63) is 47.8 Å². The summed E-state index contributed by atoms with van der Waals surface area (Å²) < 4.78 is 15.7. The van der Waals surface area contributed by atoms with Crippen LogP contribution in [0.3, 0.4) is 0 Å². The van der Waals surface area contributed by atoms with Gasteiger partial charge in [-0.05, 0) is 37.6 Å². The number of nitrogens with zero attached hydrogens (tertiary/aromatic N) is 5. The molecule has 1 atom stereocenters. The van der Waals surface area contributed by atoms with Gasteiger partial charge in [-0.3, -0.25) is 9.58 Å². The lowest BCUT2D eigenvalue weighted by Crippen LogP contribution is -2.33. The Morgan fingerprint density at radius 2 is 2.33 bits per heavy atom. The van der Waals surface area contributed by atoms with Gasteiger partial charge in [0, 0.05) is 18.2 Å². The summed E-state index contributed by atoms with van der Waals surface area (Å²) in [6, 6.07) is 6.91. The Bertz CT molecular complexity index is 647. The molecule has 1 fully saturated rings. The van der Waals surface area contributed by atoms with Crippen LogP contribution in [0.25, 0.3) is 0 Å². The first-order valence-electron chi connectivity index (χ1n) is 7.01. The molecule has 5 nitrogen and oxygen atoms in total. The van der Waals surface area contributed by atoms with Gasteiger partial charge >= 0.3 is 0 Å². The molecule has 0 amide bonds. The van der Waals surface area contributed by atoms with Gasteiger partial charge in [-0.2, -0.15) is 10.4 Å². The summed E-state index contributed by atoms with van der Waals surface area (Å²) in [6.07, 6.45) is 5.39. The van der Waals surface area contributed by atoms with E-state index in [9.17, 15) is 4.39 Å². The van der Waals surface area contributed by atoms with E-state index in [4.69, 9.17) is 5.26 Å². The molecule has 21 heavy (non-hydrogen) atoms. The molecule has 1 aromatic heterocycles. The van der Waals surface area contributed by atoms with Crippen molar-refractivity contribution in [1.82, 2.24) is 19.7 Å². The zero-order chi connectivity index (χ0) is 14.7. The maximum atomic E-state index is 13.9. The summed E-state index contributed by atoms with van der Waals surface area (Å²) in [5.74, 6) is -0.250. The SMILES string of the molecule is N#Cc1ccc(F)c(CN2CCC[C@H]2Cn2cncn2)c1. The topological polar surface area (TPSA) is 57.7 Å². The van der Waals surface area contributed by atoms with Gasteiger partial charge in [-0.1, -0.05) is 0 Å². The number of likely N-dealkylation sites (tertiary alicyclic amines) is 1. The van der Waals surface area contributed by atoms with Gasteiger partial charge in [0.1, 0.15) is 18.5 Å². The Balaban J connectivity index is 1.73. The van der Waals surface area contributed by atoms with Crippen LogP contribution in [0.1, 0.15) is 24.0 Å². The molecule has 1 aliphatic heterocycles. The van der Waals surface area contributed by atoms with Crippen LogP contribution in [0, 0.1) is 17.1 Å². The number of hydrogen-bond acceptors (Lipinski definition) is 4. The van der Waals surface area contributed by atoms with Crippen molar-refractivity contribution in [3.63, 3.8) is 0 Å². The Morgan fingerprint density at radius 1 is 1.43 bits per heavy atom. The fourth-order valence-corrected chi connectivity index (χ4v) is 2.84. The highest BCUT2D eigenvalue weighted by molar-refractivity contribution is 5.33. The van der Waals surface area contributed by atoms with E-state index in [1.54, 1.807) is 12.4 Å². The van der Waals surface area contributed by atoms with Gasteiger partial charge < -0.3 is 0 Å². The zero-order valence-electron chi connectivity index (χ0n) is 11.6. The van der Waals surface area contributed by atoms with Crippen molar-refractivity contribution in [3.8, 4) is 6.07 Å². The Morgan fingerprint density at radius 3 is 3.10 bits per heavy atom. The molecule has 0 aliphatic carbocycles. The molecule has 0 radical (unpaired) electrons. The van der Waals surface area contributed by atoms with E-state index in [-0.39, 0.29) is 5.82 Å². The molecule has 2 aromatic rings. The number of rotatable bonds is 4. The maximum Gasteiger partial charge on any atom is 0.137 e. The number of nitriles is 1. The molecule has 0 saturated carbocycles. The highest BCUT2D eigenvalue weighted by Crippen LogP contribution is 2.22. The van der Waals surface area contributed by atoms with Crippen molar-refractivity contribution in [2.45, 2.75) is 32.0 Å². The summed E-state index contributed by atoms with van der Waals surface area (Å²) in [6.45, 7) is 2.23. The molecule has 0 N–H and O–H groups in total. The first-order valence-corrected chi connectivity index (χ1v) is 7.01. The Labute approximate surface area is 122 Å². The number of halogens is 1. The van der Waals surface area contributed by atoms with Crippen LogP contribution in [0.5, 0.6) is 0 Å². The van der Waals surface area contributed by atoms with Crippen molar-refractivity contribution in [1.29, 1.82) is 5.26 Å². The van der Waals surface area contributed by atoms with Gasteiger partial charge in [-0.15, -0.1) is 0 Å². The first kappa shape index (κ1) is 13.7. The molecule has 1 aromatic carbocycles. The van der Waals surface area contributed by atoms with Crippen LogP contribution in [0.15, 0.2) is 30.9 Å². The van der Waals surface area contributed by atoms with Gasteiger partial charge in [-0.25, -0.2) is 9.37 Å². The molecule has 1 aliphatic rings. The second-order valence-corrected chi connectivity index (χ2v) is 5.30. The van der Waals surface area contributed by atoms with Crippen LogP contribution in [-0.4, -0.2) is 32.3 Å². The normalized spacial score (nSPS) is 18.8. The third kappa shape index (κ3) is 3.09. The standard InChI is InChI=1S/C15H16FN5/c16-15-4-3-12(7-17)6-13(15)8-20-5-1-2-14(20)9-21-11-18-10-19-21/h3-4,6,10-11,14H,1-2,5,8-9H2/t14-/m0/s1. The zero-order valence-corrected chi connectivity index (χ0v) is 11.6. The van der Waals surface area contributed by atoms with E-state index in [0.29, 0.717) is 23.7 Å². The minimum absolute atomic E-state index is 0.250. The molecule has 2 heterocycles. The lowest BCUT2D eigenvalue weighted by Gasteiger charge is -2.24. The summed E-state index contributed by atoms with van der Waals surface area (Å²) in [7, 11) is 0. The van der Waals surface area contributed by atoms with Crippen molar-refractivity contribution < 1.29 is 4.39 Å². The van der Waals surface area contributed by atoms with E-state index >= 15 is 0 Å². The van der Waals surface area contributed by atoms with Crippen LogP contribution in [-0.2, 0) is 13.1 Å². The van der Waals surface area contributed by atoms with Gasteiger partial charge in [0.15, 0.2) is 0 Å². The van der Waals surface area contributed by atoms with E-state index < -0.39 is 0 Å². The largest absolute Gasteiger partial charge is 0.294 e. The second kappa shape index (κ2) is 6.02. The van der Waals surface area contributed by atoms with E-state index in [2.05, 4.69) is 21.1 Å². The van der Waals surface area contributed by atoms with Gasteiger partial charge in [0.2, 0.25) is 0 Å². The maximum absolute atomic E-state index is 13.9. The fraction of sp³-hybridized carbons (Fsp3) is 0.400.